The lowest BCUT2D eigenvalue weighted by Crippen LogP contribution is -2.46. The van der Waals surface area contributed by atoms with E-state index in [4.69, 9.17) is 9.47 Å². The van der Waals surface area contributed by atoms with Crippen LogP contribution in [0.1, 0.15) is 13.3 Å². The molecule has 2 atom stereocenters. The van der Waals surface area contributed by atoms with Gasteiger partial charge in [0.15, 0.2) is 0 Å². The van der Waals surface area contributed by atoms with Crippen molar-refractivity contribution >= 4 is 11.8 Å². The summed E-state index contributed by atoms with van der Waals surface area (Å²) in [6, 6.07) is -0.468. The molecule has 1 saturated heterocycles. The Kier molecular flexibility index (Phi) is 5.37. The van der Waals surface area contributed by atoms with Gasteiger partial charge in [0.25, 0.3) is 0 Å². The smallest absolute Gasteiger partial charge is 0.244 e. The third-order valence-corrected chi connectivity index (χ3v) is 2.78. The molecular weight excluding hydrogens is 224 g/mol. The number of methoxy groups -OCH3 is 2. The van der Waals surface area contributed by atoms with Crippen molar-refractivity contribution in [2.45, 2.75) is 25.5 Å². The van der Waals surface area contributed by atoms with Gasteiger partial charge in [-0.25, -0.2) is 0 Å². The van der Waals surface area contributed by atoms with Crippen LogP contribution in [-0.2, 0) is 19.1 Å². The van der Waals surface area contributed by atoms with E-state index >= 15 is 0 Å². The van der Waals surface area contributed by atoms with Crippen molar-refractivity contribution in [3.8, 4) is 0 Å². The van der Waals surface area contributed by atoms with Gasteiger partial charge in [0, 0.05) is 33.7 Å². The number of nitrogens with zero attached hydrogens (tertiary/aromatic N) is 1. The summed E-state index contributed by atoms with van der Waals surface area (Å²) in [5, 5.41) is 2.64. The van der Waals surface area contributed by atoms with Crippen LogP contribution in [0.25, 0.3) is 0 Å². The minimum atomic E-state index is -0.468. The van der Waals surface area contributed by atoms with Crippen molar-refractivity contribution in [2.75, 3.05) is 33.9 Å². The fraction of sp³-hybridized carbons (Fsp3) is 0.818. The van der Waals surface area contributed by atoms with Gasteiger partial charge in [-0.3, -0.25) is 9.59 Å². The second-order valence-corrected chi connectivity index (χ2v) is 4.14. The standard InChI is InChI=1S/C11H20N2O4/c1-8-11(15)13(5-4-10(14)12-8)6-9(17-3)7-16-2/h8-9H,4-7H2,1-3H3,(H,12,14). The van der Waals surface area contributed by atoms with E-state index in [0.717, 1.165) is 0 Å². The molecule has 0 saturated carbocycles. The van der Waals surface area contributed by atoms with Crippen molar-refractivity contribution in [3.05, 3.63) is 0 Å². The van der Waals surface area contributed by atoms with Gasteiger partial charge in [0.2, 0.25) is 11.8 Å². The van der Waals surface area contributed by atoms with Gasteiger partial charge >= 0.3 is 0 Å². The Morgan fingerprint density at radius 2 is 2.18 bits per heavy atom. The number of carbonyl (C=O) groups is 2. The van der Waals surface area contributed by atoms with Gasteiger partial charge < -0.3 is 19.7 Å². The van der Waals surface area contributed by atoms with E-state index in [2.05, 4.69) is 5.32 Å². The summed E-state index contributed by atoms with van der Waals surface area (Å²) in [7, 11) is 3.17. The predicted octanol–water partition coefficient (Wildman–Crippen LogP) is -0.615. The lowest BCUT2D eigenvalue weighted by atomic mass is 10.2. The van der Waals surface area contributed by atoms with E-state index < -0.39 is 6.04 Å². The molecule has 1 fully saturated rings. The minimum absolute atomic E-state index is 0.0750. The van der Waals surface area contributed by atoms with Gasteiger partial charge in [0.1, 0.15) is 6.04 Å². The zero-order valence-electron chi connectivity index (χ0n) is 10.6. The van der Waals surface area contributed by atoms with Crippen LogP contribution < -0.4 is 5.32 Å². The molecule has 6 heteroatoms. The summed E-state index contributed by atoms with van der Waals surface area (Å²) in [5.74, 6) is -0.164. The number of hydrogen-bond acceptors (Lipinski definition) is 4. The zero-order valence-corrected chi connectivity index (χ0v) is 10.6. The van der Waals surface area contributed by atoms with E-state index in [1.807, 2.05) is 0 Å². The Morgan fingerprint density at radius 1 is 1.47 bits per heavy atom. The Bertz CT molecular complexity index is 283. The van der Waals surface area contributed by atoms with Crippen LogP contribution in [0.5, 0.6) is 0 Å². The molecule has 0 aliphatic carbocycles. The molecule has 17 heavy (non-hydrogen) atoms. The molecule has 0 aromatic carbocycles. The number of amides is 2. The summed E-state index contributed by atoms with van der Waals surface area (Å²) in [4.78, 5) is 24.9. The predicted molar refractivity (Wildman–Crippen MR) is 61.5 cm³/mol. The highest BCUT2D eigenvalue weighted by Crippen LogP contribution is 2.06. The maximum absolute atomic E-state index is 12.0. The fourth-order valence-corrected chi connectivity index (χ4v) is 1.80. The lowest BCUT2D eigenvalue weighted by Gasteiger charge is -2.26. The quantitative estimate of drug-likeness (QED) is 0.700. The summed E-state index contributed by atoms with van der Waals surface area (Å²) in [6.07, 6.45) is 0.170. The van der Waals surface area contributed by atoms with Crippen LogP contribution in [0.3, 0.4) is 0 Å². The van der Waals surface area contributed by atoms with Gasteiger partial charge in [-0.15, -0.1) is 0 Å². The molecule has 2 amide bonds. The highest BCUT2D eigenvalue weighted by Gasteiger charge is 2.28. The second kappa shape index (κ2) is 6.56. The van der Waals surface area contributed by atoms with Crippen molar-refractivity contribution in [1.29, 1.82) is 0 Å². The van der Waals surface area contributed by atoms with Crippen LogP contribution in [-0.4, -0.2) is 62.8 Å². The number of hydrogen-bond donors (Lipinski definition) is 1. The van der Waals surface area contributed by atoms with Crippen LogP contribution in [0.15, 0.2) is 0 Å². The van der Waals surface area contributed by atoms with E-state index in [1.165, 1.54) is 0 Å². The van der Waals surface area contributed by atoms with Crippen molar-refractivity contribution in [1.82, 2.24) is 10.2 Å². The molecule has 2 unspecified atom stereocenters. The molecule has 1 aliphatic heterocycles. The van der Waals surface area contributed by atoms with Crippen LogP contribution in [0.2, 0.25) is 0 Å². The van der Waals surface area contributed by atoms with Crippen molar-refractivity contribution in [3.63, 3.8) is 0 Å². The third-order valence-electron chi connectivity index (χ3n) is 2.78. The monoisotopic (exact) mass is 244 g/mol. The normalized spacial score (nSPS) is 23.2. The number of carbonyl (C=O) groups excluding carboxylic acids is 2. The molecule has 0 aromatic rings. The van der Waals surface area contributed by atoms with Gasteiger partial charge in [-0.1, -0.05) is 0 Å². The fourth-order valence-electron chi connectivity index (χ4n) is 1.80. The van der Waals surface area contributed by atoms with Gasteiger partial charge in [0.05, 0.1) is 12.7 Å². The molecule has 0 radical (unpaired) electrons. The van der Waals surface area contributed by atoms with Gasteiger partial charge in [-0.2, -0.15) is 0 Å². The van der Waals surface area contributed by atoms with Crippen LogP contribution >= 0.6 is 0 Å². The zero-order chi connectivity index (χ0) is 12.8. The summed E-state index contributed by atoms with van der Waals surface area (Å²) >= 11 is 0. The highest BCUT2D eigenvalue weighted by molar-refractivity contribution is 5.89. The summed E-state index contributed by atoms with van der Waals surface area (Å²) < 4.78 is 10.2. The maximum Gasteiger partial charge on any atom is 0.244 e. The Morgan fingerprint density at radius 3 is 2.76 bits per heavy atom. The average Bonchev–Trinajstić information content (AvgIpc) is 2.42. The lowest BCUT2D eigenvalue weighted by molar-refractivity contribution is -0.135. The van der Waals surface area contributed by atoms with E-state index in [-0.39, 0.29) is 17.9 Å². The Hall–Kier alpha value is -1.14. The summed E-state index contributed by atoms with van der Waals surface area (Å²) in [5.41, 5.74) is 0. The summed E-state index contributed by atoms with van der Waals surface area (Å²) in [6.45, 7) is 2.99. The SMILES string of the molecule is COCC(CN1CCC(=O)NC(C)C1=O)OC. The molecule has 98 valence electrons. The first kappa shape index (κ1) is 13.9. The van der Waals surface area contributed by atoms with E-state index in [9.17, 15) is 9.59 Å². The topological polar surface area (TPSA) is 67.9 Å². The molecule has 0 aromatic heterocycles. The molecular formula is C11H20N2O4. The Balaban J connectivity index is 2.61. The van der Waals surface area contributed by atoms with Crippen LogP contribution in [0.4, 0.5) is 0 Å². The maximum atomic E-state index is 12.0. The third kappa shape index (κ3) is 3.98. The highest BCUT2D eigenvalue weighted by atomic mass is 16.5. The number of nitrogens with one attached hydrogen (secondary N) is 1. The van der Waals surface area contributed by atoms with Gasteiger partial charge in [-0.05, 0) is 6.92 Å². The minimum Gasteiger partial charge on any atom is -0.382 e. The first-order valence-corrected chi connectivity index (χ1v) is 5.68. The molecule has 1 aliphatic rings. The molecule has 1 heterocycles. The molecule has 1 rings (SSSR count). The largest absolute Gasteiger partial charge is 0.382 e. The second-order valence-electron chi connectivity index (χ2n) is 4.14. The van der Waals surface area contributed by atoms with Crippen molar-refractivity contribution < 1.29 is 19.1 Å². The Labute approximate surface area is 101 Å². The van der Waals surface area contributed by atoms with E-state index in [1.54, 1.807) is 26.0 Å². The van der Waals surface area contributed by atoms with E-state index in [0.29, 0.717) is 26.1 Å². The van der Waals surface area contributed by atoms with Crippen LogP contribution in [0, 0.1) is 0 Å². The molecule has 0 spiro atoms. The number of rotatable bonds is 5. The first-order chi connectivity index (χ1) is 8.08. The van der Waals surface area contributed by atoms with Crippen molar-refractivity contribution in [2.24, 2.45) is 0 Å². The molecule has 0 bridgehead atoms. The molecule has 6 nitrogen and oxygen atoms in total. The number of ether oxygens (including phenoxy) is 2. The molecule has 1 N–H and O–H groups in total. The average molecular weight is 244 g/mol. The first-order valence-electron chi connectivity index (χ1n) is 5.68.